The highest BCUT2D eigenvalue weighted by molar-refractivity contribution is 5.93. The maximum atomic E-state index is 12.8. The minimum atomic E-state index is 0.00707. The number of nitrogens with zero attached hydrogens (tertiary/aromatic N) is 4. The number of aryl methyl sites for hydroxylation is 1. The number of amides is 1. The third-order valence-corrected chi connectivity index (χ3v) is 5.31. The Morgan fingerprint density at radius 1 is 0.926 bits per heavy atom. The van der Waals surface area contributed by atoms with E-state index in [-0.39, 0.29) is 5.91 Å². The lowest BCUT2D eigenvalue weighted by Crippen LogP contribution is -2.36. The van der Waals surface area contributed by atoms with E-state index >= 15 is 0 Å². The fraction of sp³-hybridized carbons (Fsp3) is 0.476. The average molecular weight is 365 g/mol. The van der Waals surface area contributed by atoms with Gasteiger partial charge in [-0.05, 0) is 63.3 Å². The van der Waals surface area contributed by atoms with E-state index in [0.29, 0.717) is 17.3 Å². The summed E-state index contributed by atoms with van der Waals surface area (Å²) in [6.45, 7) is 5.75. The lowest BCUT2D eigenvalue weighted by Gasteiger charge is -2.26. The van der Waals surface area contributed by atoms with Gasteiger partial charge < -0.3 is 15.1 Å². The van der Waals surface area contributed by atoms with Gasteiger partial charge in [-0.1, -0.05) is 0 Å². The topological polar surface area (TPSA) is 61.4 Å². The molecule has 0 aliphatic carbocycles. The van der Waals surface area contributed by atoms with Crippen molar-refractivity contribution in [3.8, 4) is 0 Å². The highest BCUT2D eigenvalue weighted by Gasteiger charge is 2.20. The first-order valence-corrected chi connectivity index (χ1v) is 9.96. The van der Waals surface area contributed by atoms with Crippen LogP contribution in [0.4, 0.5) is 17.2 Å². The molecule has 0 radical (unpaired) electrons. The van der Waals surface area contributed by atoms with Gasteiger partial charge in [0, 0.05) is 43.6 Å². The lowest BCUT2D eigenvalue weighted by molar-refractivity contribution is 0.0718. The van der Waals surface area contributed by atoms with Crippen molar-refractivity contribution in [1.82, 2.24) is 14.9 Å². The standard InChI is InChI=1S/C21H27N5O/c1-16-22-19(21(27)26-13-3-2-4-14-26)15-20(23-16)24-17-7-9-18(10-8-17)25-11-5-6-12-25/h7-10,15H,2-6,11-14H2,1H3,(H,22,23,24). The third-order valence-electron chi connectivity index (χ3n) is 5.31. The summed E-state index contributed by atoms with van der Waals surface area (Å²) in [6.07, 6.45) is 5.89. The molecule has 3 heterocycles. The predicted octanol–water partition coefficient (Wildman–Crippen LogP) is 3.75. The third kappa shape index (κ3) is 4.21. The molecule has 2 aliphatic heterocycles. The fourth-order valence-electron chi connectivity index (χ4n) is 3.88. The SMILES string of the molecule is Cc1nc(Nc2ccc(N3CCCC3)cc2)cc(C(=O)N2CCCCC2)n1. The molecule has 6 heteroatoms. The Kier molecular flexibility index (Phi) is 5.23. The summed E-state index contributed by atoms with van der Waals surface area (Å²) in [4.78, 5) is 25.9. The summed E-state index contributed by atoms with van der Waals surface area (Å²) in [6, 6.07) is 10.2. The van der Waals surface area contributed by atoms with Crippen LogP contribution in [0.25, 0.3) is 0 Å². The van der Waals surface area contributed by atoms with Crippen LogP contribution < -0.4 is 10.2 Å². The van der Waals surface area contributed by atoms with Gasteiger partial charge in [0.25, 0.3) is 5.91 Å². The first kappa shape index (κ1) is 17.8. The summed E-state index contributed by atoms with van der Waals surface area (Å²) in [5, 5.41) is 3.32. The zero-order chi connectivity index (χ0) is 18.6. The van der Waals surface area contributed by atoms with Crippen molar-refractivity contribution in [2.75, 3.05) is 36.4 Å². The Bertz CT molecular complexity index is 793. The molecule has 2 fully saturated rings. The lowest BCUT2D eigenvalue weighted by atomic mass is 10.1. The predicted molar refractivity (Wildman–Crippen MR) is 108 cm³/mol. The van der Waals surface area contributed by atoms with Crippen LogP contribution >= 0.6 is 0 Å². The first-order chi connectivity index (χ1) is 13.2. The van der Waals surface area contributed by atoms with Crippen molar-refractivity contribution in [2.24, 2.45) is 0 Å². The van der Waals surface area contributed by atoms with Gasteiger partial charge in [-0.3, -0.25) is 4.79 Å². The van der Waals surface area contributed by atoms with E-state index in [1.807, 2.05) is 11.8 Å². The second-order valence-corrected chi connectivity index (χ2v) is 7.40. The number of rotatable bonds is 4. The zero-order valence-corrected chi connectivity index (χ0v) is 15.9. The van der Waals surface area contributed by atoms with E-state index in [1.54, 1.807) is 6.07 Å². The summed E-state index contributed by atoms with van der Waals surface area (Å²) in [7, 11) is 0. The van der Waals surface area contributed by atoms with E-state index in [4.69, 9.17) is 0 Å². The first-order valence-electron chi connectivity index (χ1n) is 9.96. The smallest absolute Gasteiger partial charge is 0.272 e. The van der Waals surface area contributed by atoms with E-state index < -0.39 is 0 Å². The molecule has 2 aromatic rings. The molecule has 27 heavy (non-hydrogen) atoms. The van der Waals surface area contributed by atoms with Gasteiger partial charge in [0.1, 0.15) is 17.3 Å². The Labute approximate surface area is 160 Å². The van der Waals surface area contributed by atoms with E-state index in [1.165, 1.54) is 24.9 Å². The summed E-state index contributed by atoms with van der Waals surface area (Å²) < 4.78 is 0. The molecule has 0 saturated carbocycles. The molecule has 2 aliphatic rings. The van der Waals surface area contributed by atoms with Gasteiger partial charge in [-0.25, -0.2) is 9.97 Å². The molecule has 6 nitrogen and oxygen atoms in total. The molecule has 0 spiro atoms. The average Bonchev–Trinajstić information content (AvgIpc) is 3.23. The van der Waals surface area contributed by atoms with Crippen LogP contribution in [-0.2, 0) is 0 Å². The molecule has 4 rings (SSSR count). The van der Waals surface area contributed by atoms with Crippen molar-refractivity contribution in [1.29, 1.82) is 0 Å². The minimum absolute atomic E-state index is 0.00707. The van der Waals surface area contributed by atoms with E-state index in [2.05, 4.69) is 44.5 Å². The maximum Gasteiger partial charge on any atom is 0.272 e. The quantitative estimate of drug-likeness (QED) is 0.894. The number of anilines is 3. The number of carbonyl (C=O) groups is 1. The van der Waals surface area contributed by atoms with Gasteiger partial charge in [0.15, 0.2) is 0 Å². The Morgan fingerprint density at radius 3 is 2.30 bits per heavy atom. The van der Waals surface area contributed by atoms with Crippen LogP contribution in [0.1, 0.15) is 48.4 Å². The molecule has 2 saturated heterocycles. The van der Waals surface area contributed by atoms with E-state index in [0.717, 1.165) is 44.7 Å². The summed E-state index contributed by atoms with van der Waals surface area (Å²) in [5.74, 6) is 1.28. The molecule has 1 amide bonds. The zero-order valence-electron chi connectivity index (χ0n) is 15.9. The molecular weight excluding hydrogens is 338 g/mol. The summed E-state index contributed by atoms with van der Waals surface area (Å²) in [5.41, 5.74) is 2.70. The van der Waals surface area contributed by atoms with Crippen molar-refractivity contribution >= 4 is 23.1 Å². The molecule has 1 N–H and O–H groups in total. The maximum absolute atomic E-state index is 12.8. The van der Waals surface area contributed by atoms with Crippen molar-refractivity contribution in [3.05, 3.63) is 41.9 Å². The monoisotopic (exact) mass is 365 g/mol. The Morgan fingerprint density at radius 2 is 1.59 bits per heavy atom. The second kappa shape index (κ2) is 7.94. The molecular formula is C21H27N5O. The number of piperidine rings is 1. The molecule has 1 aromatic heterocycles. The van der Waals surface area contributed by atoms with Crippen LogP contribution in [0.5, 0.6) is 0 Å². The van der Waals surface area contributed by atoms with Crippen molar-refractivity contribution in [3.63, 3.8) is 0 Å². The number of likely N-dealkylation sites (tertiary alicyclic amines) is 1. The largest absolute Gasteiger partial charge is 0.372 e. The number of nitrogens with one attached hydrogen (secondary N) is 1. The highest BCUT2D eigenvalue weighted by Crippen LogP contribution is 2.24. The molecule has 142 valence electrons. The van der Waals surface area contributed by atoms with Gasteiger partial charge >= 0.3 is 0 Å². The van der Waals surface area contributed by atoms with Gasteiger partial charge in [0.05, 0.1) is 0 Å². The Hall–Kier alpha value is -2.63. The minimum Gasteiger partial charge on any atom is -0.372 e. The van der Waals surface area contributed by atoms with E-state index in [9.17, 15) is 4.79 Å². The van der Waals surface area contributed by atoms with Crippen LogP contribution in [0.3, 0.4) is 0 Å². The molecule has 1 aromatic carbocycles. The van der Waals surface area contributed by atoms with Gasteiger partial charge in [-0.2, -0.15) is 0 Å². The molecule has 0 unspecified atom stereocenters. The number of hydrogen-bond acceptors (Lipinski definition) is 5. The fourth-order valence-corrected chi connectivity index (χ4v) is 3.88. The second-order valence-electron chi connectivity index (χ2n) is 7.40. The molecule has 0 atom stereocenters. The van der Waals surface area contributed by atoms with Crippen LogP contribution in [0.15, 0.2) is 30.3 Å². The number of benzene rings is 1. The van der Waals surface area contributed by atoms with Crippen LogP contribution in [-0.4, -0.2) is 47.0 Å². The van der Waals surface area contributed by atoms with Crippen molar-refractivity contribution < 1.29 is 4.79 Å². The van der Waals surface area contributed by atoms with Crippen LogP contribution in [0, 0.1) is 6.92 Å². The normalized spacial score (nSPS) is 17.2. The summed E-state index contributed by atoms with van der Waals surface area (Å²) >= 11 is 0. The highest BCUT2D eigenvalue weighted by atomic mass is 16.2. The molecule has 0 bridgehead atoms. The van der Waals surface area contributed by atoms with Gasteiger partial charge in [0.2, 0.25) is 0 Å². The number of hydrogen-bond donors (Lipinski definition) is 1. The Balaban J connectivity index is 1.48. The number of carbonyl (C=O) groups excluding carboxylic acids is 1. The van der Waals surface area contributed by atoms with Crippen LogP contribution in [0.2, 0.25) is 0 Å². The number of aromatic nitrogens is 2. The van der Waals surface area contributed by atoms with Crippen molar-refractivity contribution in [2.45, 2.75) is 39.0 Å². The van der Waals surface area contributed by atoms with Gasteiger partial charge in [-0.15, -0.1) is 0 Å².